The fraction of sp³-hybridized carbons (Fsp3) is 0.695. The van der Waals surface area contributed by atoms with E-state index >= 15 is 9.59 Å². The van der Waals surface area contributed by atoms with Crippen molar-refractivity contribution in [2.45, 2.75) is 207 Å². The molecule has 2 aliphatic heterocycles. The average molecular weight is 1000 g/mol. The van der Waals surface area contributed by atoms with Crippen molar-refractivity contribution in [2.24, 2.45) is 34.0 Å². The Morgan fingerprint density at radius 3 is 2.03 bits per heavy atom. The molecule has 2 saturated carbocycles. The van der Waals surface area contributed by atoms with Crippen LogP contribution in [-0.4, -0.2) is 96.3 Å². The Bertz CT molecular complexity index is 2180. The number of ether oxygens (including phenoxy) is 6. The summed E-state index contributed by atoms with van der Waals surface area (Å²) in [6.45, 7) is 16.1. The molecule has 0 aromatic heterocycles. The zero-order chi connectivity index (χ0) is 51.8. The molecule has 2 saturated heterocycles. The van der Waals surface area contributed by atoms with Crippen LogP contribution in [0.3, 0.4) is 0 Å². The van der Waals surface area contributed by atoms with E-state index in [4.69, 9.17) is 28.4 Å². The Balaban J connectivity index is 1.05. The highest BCUT2D eigenvalue weighted by atomic mass is 16.8. The first kappa shape index (κ1) is 55.6. The summed E-state index contributed by atoms with van der Waals surface area (Å²) in [7, 11) is 0. The van der Waals surface area contributed by atoms with Crippen molar-refractivity contribution >= 4 is 23.8 Å². The van der Waals surface area contributed by atoms with Crippen LogP contribution < -0.4 is 5.32 Å². The predicted molar refractivity (Wildman–Crippen MR) is 274 cm³/mol. The van der Waals surface area contributed by atoms with Crippen LogP contribution in [0.5, 0.6) is 0 Å². The van der Waals surface area contributed by atoms with Gasteiger partial charge < -0.3 is 44.0 Å². The third-order valence-corrected chi connectivity index (χ3v) is 17.8. The van der Waals surface area contributed by atoms with Crippen molar-refractivity contribution in [1.82, 2.24) is 5.32 Å². The molecule has 72 heavy (non-hydrogen) atoms. The van der Waals surface area contributed by atoms with Gasteiger partial charge in [-0.3, -0.25) is 9.59 Å². The van der Waals surface area contributed by atoms with Crippen molar-refractivity contribution < 1.29 is 57.8 Å². The highest BCUT2D eigenvalue weighted by Crippen LogP contribution is 2.67. The maximum atomic E-state index is 15.1. The third-order valence-electron chi connectivity index (χ3n) is 17.8. The Morgan fingerprint density at radius 1 is 0.833 bits per heavy atom. The van der Waals surface area contributed by atoms with E-state index in [2.05, 4.69) is 19.2 Å². The molecule has 2 aromatic carbocycles. The van der Waals surface area contributed by atoms with Crippen LogP contribution in [0.15, 0.2) is 71.8 Å². The average Bonchev–Trinajstić information content (AvgIpc) is 3.83. The molecular weight excluding hydrogens is 915 g/mol. The molecule has 3 unspecified atom stereocenters. The van der Waals surface area contributed by atoms with Gasteiger partial charge in [0, 0.05) is 35.2 Å². The quantitative estimate of drug-likeness (QED) is 0.0546. The molecule has 4 fully saturated rings. The van der Waals surface area contributed by atoms with Crippen molar-refractivity contribution in [3.8, 4) is 0 Å². The van der Waals surface area contributed by atoms with E-state index in [0.29, 0.717) is 35.3 Å². The van der Waals surface area contributed by atoms with E-state index in [1.54, 1.807) is 60.7 Å². The number of aliphatic hydroxyl groups is 2. The van der Waals surface area contributed by atoms with Crippen LogP contribution in [0.4, 0.5) is 4.79 Å². The monoisotopic (exact) mass is 1000 g/mol. The van der Waals surface area contributed by atoms with E-state index in [1.165, 1.54) is 70.6 Å². The summed E-state index contributed by atoms with van der Waals surface area (Å²) >= 11 is 0. The number of nitrogens with one attached hydrogen (secondary N) is 1. The fourth-order valence-electron chi connectivity index (χ4n) is 13.7. The minimum Gasteiger partial charge on any atom is -0.455 e. The number of benzene rings is 2. The highest BCUT2D eigenvalue weighted by molar-refractivity contribution is 5.95. The molecule has 5 aliphatic rings. The standard InChI is InChI=1S/C59H85NO12/c1-9-10-11-12-13-14-15-16-17-18-19-20-27-32-47-67-35-43(70-47)36-68-55(65)72-50(49(41-28-23-21-24-29-41)60-53(63)42-30-25-22-26-31-42)54(64)71-44-34-59(66)40(4)51-57(7)37-69-46(57)33-45(61)58(51,8)52(62)39(3)48(38(44)2)56(59,5)6/h21-26,28-31,39-40,43-47,49-51,61,66H,9-20,27,32-37H2,1-8H3,(H,60,63)/t39-,40+,43?,44?,45+,46-,47?,49-,50-,51-,57-,58-,59-/m1/s1. The lowest BCUT2D eigenvalue weighted by atomic mass is 9.40. The molecule has 13 nitrogen and oxygen atoms in total. The second-order valence-electron chi connectivity index (χ2n) is 22.8. The number of rotatable bonds is 23. The van der Waals surface area contributed by atoms with Gasteiger partial charge in [0.15, 0.2) is 6.29 Å². The van der Waals surface area contributed by atoms with Crippen molar-refractivity contribution in [3.05, 3.63) is 82.9 Å². The molecular formula is C59H85NO12. The van der Waals surface area contributed by atoms with Crippen molar-refractivity contribution in [1.29, 1.82) is 0 Å². The molecule has 2 aromatic rings. The molecule has 2 heterocycles. The van der Waals surface area contributed by atoms with E-state index in [9.17, 15) is 19.8 Å². The Kier molecular flexibility index (Phi) is 18.6. The van der Waals surface area contributed by atoms with Crippen LogP contribution in [0.2, 0.25) is 0 Å². The number of Topliss-reactive ketones (excluding diaryl/α,β-unsaturated/α-hetero) is 1. The SMILES string of the molecule is CCCCCCCCCCCCCCCC1OCC(COC(=O)O[C@@H](C(=O)OC2C[C@@]3(O)[C@@H](C)[C@@H]4[C@]5(C)CO[C@@H]5C[C@H](O)[C@@]4(C)C(=O)[C@H](C)C(=C2C)C3(C)C)[C@H](NC(=O)c2ccccc2)c2ccccc2)O1. The van der Waals surface area contributed by atoms with E-state index in [0.717, 1.165) is 19.3 Å². The second kappa shape index (κ2) is 24.0. The number of amides is 1. The van der Waals surface area contributed by atoms with Gasteiger partial charge in [-0.15, -0.1) is 0 Å². The van der Waals surface area contributed by atoms with Crippen LogP contribution in [0.25, 0.3) is 0 Å². The summed E-state index contributed by atoms with van der Waals surface area (Å²) in [5, 5.41) is 28.1. The molecule has 398 valence electrons. The first-order valence-corrected chi connectivity index (χ1v) is 27.4. The first-order chi connectivity index (χ1) is 34.4. The molecule has 2 bridgehead atoms. The predicted octanol–water partition coefficient (Wildman–Crippen LogP) is 10.9. The zero-order valence-corrected chi connectivity index (χ0v) is 44.5. The third kappa shape index (κ3) is 11.6. The highest BCUT2D eigenvalue weighted by Gasteiger charge is 2.72. The summed E-state index contributed by atoms with van der Waals surface area (Å²) in [4.78, 5) is 57.9. The van der Waals surface area contributed by atoms with Crippen LogP contribution in [0.1, 0.15) is 180 Å². The topological polar surface area (TPSA) is 176 Å². The maximum Gasteiger partial charge on any atom is 0.509 e. The Labute approximate surface area is 428 Å². The van der Waals surface area contributed by atoms with Crippen LogP contribution in [0, 0.1) is 34.0 Å². The van der Waals surface area contributed by atoms with Gasteiger partial charge in [-0.1, -0.05) is 167 Å². The summed E-state index contributed by atoms with van der Waals surface area (Å²) in [6.07, 6.45) is 11.2. The van der Waals surface area contributed by atoms with Crippen molar-refractivity contribution in [2.75, 3.05) is 19.8 Å². The van der Waals surface area contributed by atoms with Gasteiger partial charge >= 0.3 is 12.1 Å². The lowest BCUT2D eigenvalue weighted by Gasteiger charge is -2.68. The molecule has 0 radical (unpaired) electrons. The minimum atomic E-state index is -1.77. The maximum absolute atomic E-state index is 15.1. The summed E-state index contributed by atoms with van der Waals surface area (Å²) < 4.78 is 36.1. The van der Waals surface area contributed by atoms with E-state index in [-0.39, 0.29) is 31.5 Å². The fourth-order valence-corrected chi connectivity index (χ4v) is 13.7. The summed E-state index contributed by atoms with van der Waals surface area (Å²) in [5.41, 5.74) is -2.22. The summed E-state index contributed by atoms with van der Waals surface area (Å²) in [6, 6.07) is 16.0. The number of fused-ring (bicyclic) bond motifs is 5. The number of esters is 1. The minimum absolute atomic E-state index is 0.0452. The zero-order valence-electron chi connectivity index (χ0n) is 44.5. The van der Waals surface area contributed by atoms with E-state index < -0.39 is 94.4 Å². The number of hydrogen-bond acceptors (Lipinski definition) is 12. The van der Waals surface area contributed by atoms with Gasteiger partial charge in [0.1, 0.15) is 30.6 Å². The largest absolute Gasteiger partial charge is 0.509 e. The lowest BCUT2D eigenvalue weighted by molar-refractivity contribution is -0.301. The van der Waals surface area contributed by atoms with Gasteiger partial charge in [-0.05, 0) is 67.4 Å². The molecule has 3 N–H and O–H groups in total. The number of carbonyl (C=O) groups is 4. The number of unbranched alkanes of at least 4 members (excludes halogenated alkanes) is 12. The molecule has 13 atom stereocenters. The molecule has 3 aliphatic carbocycles. The number of carbonyl (C=O) groups excluding carboxylic acids is 4. The Hall–Kier alpha value is -4.14. The second-order valence-corrected chi connectivity index (χ2v) is 22.8. The summed E-state index contributed by atoms with van der Waals surface area (Å²) in [5.74, 6) is -3.46. The van der Waals surface area contributed by atoms with Crippen molar-refractivity contribution in [3.63, 3.8) is 0 Å². The van der Waals surface area contributed by atoms with Crippen LogP contribution in [-0.2, 0) is 38.0 Å². The molecule has 7 rings (SSSR count). The molecule has 0 spiro atoms. The Morgan fingerprint density at radius 2 is 1.43 bits per heavy atom. The number of ketones is 1. The lowest BCUT2D eigenvalue weighted by Crippen LogP contribution is -2.74. The molecule has 13 heteroatoms. The molecule has 1 amide bonds. The van der Waals surface area contributed by atoms with Crippen LogP contribution >= 0.6 is 0 Å². The first-order valence-electron chi connectivity index (χ1n) is 27.4. The van der Waals surface area contributed by atoms with Gasteiger partial charge in [0.25, 0.3) is 5.91 Å². The normalized spacial score (nSPS) is 32.5. The van der Waals surface area contributed by atoms with E-state index in [1.807, 2.05) is 41.5 Å². The smallest absolute Gasteiger partial charge is 0.455 e. The van der Waals surface area contributed by atoms with Gasteiger partial charge in [0.2, 0.25) is 6.10 Å². The number of hydrogen-bond donors (Lipinski definition) is 3. The van der Waals surface area contributed by atoms with Gasteiger partial charge in [0.05, 0.1) is 36.4 Å². The number of aliphatic hydroxyl groups excluding tert-OH is 1. The van der Waals surface area contributed by atoms with Gasteiger partial charge in [-0.2, -0.15) is 0 Å². The van der Waals surface area contributed by atoms with Gasteiger partial charge in [-0.25, -0.2) is 9.59 Å².